The number of urea groups is 1. The summed E-state index contributed by atoms with van der Waals surface area (Å²) in [5, 5.41) is 6.94. The second-order valence-corrected chi connectivity index (χ2v) is 7.34. The van der Waals surface area contributed by atoms with Gasteiger partial charge in [0.05, 0.1) is 6.61 Å². The van der Waals surface area contributed by atoms with Crippen LogP contribution in [0.5, 0.6) is 0 Å². The topological polar surface area (TPSA) is 83.6 Å². The molecule has 7 nitrogen and oxygen atoms in total. The number of anilines is 2. The first-order valence-electron chi connectivity index (χ1n) is 9.92. The zero-order valence-corrected chi connectivity index (χ0v) is 17.6. The quantitative estimate of drug-likeness (QED) is 0.525. The molecule has 2 amide bonds. The molecule has 0 atom stereocenters. The highest BCUT2D eigenvalue weighted by molar-refractivity contribution is 6.30. The molecule has 0 saturated carbocycles. The number of likely N-dealkylation sites (tertiary alicyclic amines) is 1. The summed E-state index contributed by atoms with van der Waals surface area (Å²) in [6.07, 6.45) is 6.43. The lowest BCUT2D eigenvalue weighted by atomic mass is 10.1. The number of nitrogens with one attached hydrogen (secondary N) is 2. The molecule has 158 valence electrons. The number of pyridine rings is 1. The van der Waals surface area contributed by atoms with E-state index in [9.17, 15) is 9.59 Å². The standard InChI is InChI=1S/C22H25ClN4O3/c1-2-30-21(28)10-4-16-3-9-20(24-15-16)25-19-11-13-27(14-12-19)22(29)26-18-7-5-17(23)6-8-18/h3-10,15,19H,2,11-14H2,1H3,(H,24,25)(H,26,29). The van der Waals surface area contributed by atoms with Gasteiger partial charge in [-0.3, -0.25) is 0 Å². The van der Waals surface area contributed by atoms with E-state index >= 15 is 0 Å². The molecular formula is C22H25ClN4O3. The van der Waals surface area contributed by atoms with E-state index in [1.54, 1.807) is 43.5 Å². The van der Waals surface area contributed by atoms with Gasteiger partial charge in [0.15, 0.2) is 0 Å². The van der Waals surface area contributed by atoms with Gasteiger partial charge in [-0.2, -0.15) is 0 Å². The first kappa shape index (κ1) is 21.6. The van der Waals surface area contributed by atoms with E-state index in [0.717, 1.165) is 29.9 Å². The van der Waals surface area contributed by atoms with E-state index in [-0.39, 0.29) is 18.0 Å². The van der Waals surface area contributed by atoms with Crippen molar-refractivity contribution in [1.29, 1.82) is 0 Å². The smallest absolute Gasteiger partial charge is 0.330 e. The maximum atomic E-state index is 12.4. The number of halogens is 1. The second kappa shape index (κ2) is 10.6. The minimum Gasteiger partial charge on any atom is -0.463 e. The average Bonchev–Trinajstić information content (AvgIpc) is 2.75. The summed E-state index contributed by atoms with van der Waals surface area (Å²) >= 11 is 5.87. The number of hydrogen-bond donors (Lipinski definition) is 2. The zero-order valence-electron chi connectivity index (χ0n) is 16.8. The van der Waals surface area contributed by atoms with E-state index in [1.165, 1.54) is 6.08 Å². The van der Waals surface area contributed by atoms with Gasteiger partial charge >= 0.3 is 12.0 Å². The fraction of sp³-hybridized carbons (Fsp3) is 0.318. The van der Waals surface area contributed by atoms with Crippen LogP contribution >= 0.6 is 11.6 Å². The number of ether oxygens (including phenoxy) is 1. The number of carbonyl (C=O) groups is 2. The third-order valence-electron chi connectivity index (χ3n) is 4.71. The van der Waals surface area contributed by atoms with Crippen LogP contribution in [-0.2, 0) is 9.53 Å². The van der Waals surface area contributed by atoms with Crippen LogP contribution in [0.25, 0.3) is 6.08 Å². The number of piperidine rings is 1. The van der Waals surface area contributed by atoms with Crippen molar-refractivity contribution in [1.82, 2.24) is 9.88 Å². The molecule has 0 unspecified atom stereocenters. The molecule has 8 heteroatoms. The van der Waals surface area contributed by atoms with Gasteiger partial charge in [-0.05, 0) is 67.8 Å². The molecule has 1 saturated heterocycles. The fourth-order valence-electron chi connectivity index (χ4n) is 3.12. The summed E-state index contributed by atoms with van der Waals surface area (Å²) in [5.74, 6) is 0.402. The van der Waals surface area contributed by atoms with Gasteiger partial charge in [-0.25, -0.2) is 14.6 Å². The van der Waals surface area contributed by atoms with Gasteiger partial charge < -0.3 is 20.3 Å². The third kappa shape index (κ3) is 6.49. The molecule has 0 spiro atoms. The predicted octanol–water partition coefficient (Wildman–Crippen LogP) is 4.42. The fourth-order valence-corrected chi connectivity index (χ4v) is 3.24. The van der Waals surface area contributed by atoms with Crippen molar-refractivity contribution >= 4 is 41.2 Å². The maximum Gasteiger partial charge on any atom is 0.330 e. The van der Waals surface area contributed by atoms with Crippen LogP contribution in [0, 0.1) is 0 Å². The monoisotopic (exact) mass is 428 g/mol. The molecular weight excluding hydrogens is 404 g/mol. The lowest BCUT2D eigenvalue weighted by Gasteiger charge is -2.32. The Kier molecular flexibility index (Phi) is 7.68. The second-order valence-electron chi connectivity index (χ2n) is 6.90. The highest BCUT2D eigenvalue weighted by atomic mass is 35.5. The molecule has 1 fully saturated rings. The average molecular weight is 429 g/mol. The molecule has 1 aliphatic heterocycles. The van der Waals surface area contributed by atoms with Crippen molar-refractivity contribution in [3.63, 3.8) is 0 Å². The SMILES string of the molecule is CCOC(=O)C=Cc1ccc(NC2CCN(C(=O)Nc3ccc(Cl)cc3)CC2)nc1. The summed E-state index contributed by atoms with van der Waals surface area (Å²) in [7, 11) is 0. The molecule has 1 aromatic carbocycles. The van der Waals surface area contributed by atoms with E-state index in [1.807, 2.05) is 17.0 Å². The summed E-state index contributed by atoms with van der Waals surface area (Å²) < 4.78 is 4.85. The number of benzene rings is 1. The van der Waals surface area contributed by atoms with Crippen molar-refractivity contribution in [2.75, 3.05) is 30.3 Å². The molecule has 0 bridgehead atoms. The highest BCUT2D eigenvalue weighted by Gasteiger charge is 2.23. The number of hydrogen-bond acceptors (Lipinski definition) is 5. The van der Waals surface area contributed by atoms with Crippen molar-refractivity contribution in [3.05, 3.63) is 59.3 Å². The van der Waals surface area contributed by atoms with Crippen molar-refractivity contribution < 1.29 is 14.3 Å². The molecule has 2 aromatic rings. The highest BCUT2D eigenvalue weighted by Crippen LogP contribution is 2.18. The van der Waals surface area contributed by atoms with E-state index in [0.29, 0.717) is 24.7 Å². The summed E-state index contributed by atoms with van der Waals surface area (Å²) in [6.45, 7) is 3.45. The van der Waals surface area contributed by atoms with E-state index < -0.39 is 0 Å². The van der Waals surface area contributed by atoms with Crippen LogP contribution in [0.3, 0.4) is 0 Å². The number of aromatic nitrogens is 1. The minimum atomic E-state index is -0.369. The Balaban J connectivity index is 1.44. The van der Waals surface area contributed by atoms with Gasteiger partial charge in [0.25, 0.3) is 0 Å². The molecule has 30 heavy (non-hydrogen) atoms. The Hall–Kier alpha value is -3.06. The Morgan fingerprint density at radius 3 is 2.57 bits per heavy atom. The van der Waals surface area contributed by atoms with Gasteiger partial charge in [0.1, 0.15) is 5.82 Å². The van der Waals surface area contributed by atoms with Crippen LogP contribution in [0.4, 0.5) is 16.3 Å². The Labute approximate surface area is 181 Å². The lowest BCUT2D eigenvalue weighted by molar-refractivity contribution is -0.137. The van der Waals surface area contributed by atoms with Crippen molar-refractivity contribution in [2.24, 2.45) is 0 Å². The summed E-state index contributed by atoms with van der Waals surface area (Å²) in [6, 6.07) is 11.0. The van der Waals surface area contributed by atoms with Crippen LogP contribution in [0.2, 0.25) is 5.02 Å². The van der Waals surface area contributed by atoms with E-state index in [4.69, 9.17) is 16.3 Å². The van der Waals surface area contributed by atoms with Crippen molar-refractivity contribution in [2.45, 2.75) is 25.8 Å². The molecule has 1 aliphatic rings. The van der Waals surface area contributed by atoms with Gasteiger partial charge in [-0.1, -0.05) is 11.6 Å². The normalized spacial score (nSPS) is 14.5. The van der Waals surface area contributed by atoms with E-state index in [2.05, 4.69) is 15.6 Å². The minimum absolute atomic E-state index is 0.105. The Bertz CT molecular complexity index is 876. The van der Waals surface area contributed by atoms with Crippen LogP contribution < -0.4 is 10.6 Å². The predicted molar refractivity (Wildman–Crippen MR) is 119 cm³/mol. The molecule has 3 rings (SSSR count). The zero-order chi connectivity index (χ0) is 21.3. The third-order valence-corrected chi connectivity index (χ3v) is 4.97. The molecule has 0 aliphatic carbocycles. The molecule has 0 radical (unpaired) electrons. The van der Waals surface area contributed by atoms with Crippen LogP contribution in [0.1, 0.15) is 25.3 Å². The number of nitrogens with zero attached hydrogens (tertiary/aromatic N) is 2. The maximum absolute atomic E-state index is 12.4. The Morgan fingerprint density at radius 1 is 1.20 bits per heavy atom. The largest absolute Gasteiger partial charge is 0.463 e. The number of esters is 1. The van der Waals surface area contributed by atoms with Gasteiger partial charge in [0, 0.05) is 42.1 Å². The Morgan fingerprint density at radius 2 is 1.93 bits per heavy atom. The summed E-state index contributed by atoms with van der Waals surface area (Å²) in [4.78, 5) is 30.0. The number of carbonyl (C=O) groups excluding carboxylic acids is 2. The van der Waals surface area contributed by atoms with Crippen molar-refractivity contribution in [3.8, 4) is 0 Å². The molecule has 2 heterocycles. The van der Waals surface area contributed by atoms with Gasteiger partial charge in [-0.15, -0.1) is 0 Å². The van der Waals surface area contributed by atoms with Gasteiger partial charge in [0.2, 0.25) is 0 Å². The lowest BCUT2D eigenvalue weighted by Crippen LogP contribution is -2.44. The van der Waals surface area contributed by atoms with Crippen LogP contribution in [0.15, 0.2) is 48.7 Å². The summed E-state index contributed by atoms with van der Waals surface area (Å²) in [5.41, 5.74) is 1.55. The van der Waals surface area contributed by atoms with Crippen LogP contribution in [-0.4, -0.2) is 47.6 Å². The first-order valence-corrected chi connectivity index (χ1v) is 10.3. The first-order chi connectivity index (χ1) is 14.5. The number of rotatable bonds is 6. The molecule has 1 aromatic heterocycles. The number of amides is 2. The molecule has 2 N–H and O–H groups in total.